The number of carbonyl (C=O) groups is 1. The predicted molar refractivity (Wildman–Crippen MR) is 60.1 cm³/mol. The van der Waals surface area contributed by atoms with Gasteiger partial charge in [0.05, 0.1) is 5.56 Å². The molecule has 0 aliphatic carbocycles. The number of anilines is 1. The minimum Gasteiger partial charge on any atom is -0.461 e. The predicted octanol–water partition coefficient (Wildman–Crippen LogP) is 1.81. The number of ether oxygens (including phenoxy) is 1. The minimum atomic E-state index is -0.316. The molecule has 0 aliphatic rings. The molecule has 1 rings (SSSR count). The van der Waals surface area contributed by atoms with Crippen molar-refractivity contribution in [3.63, 3.8) is 0 Å². The molecule has 76 valence electrons. The zero-order chi connectivity index (χ0) is 10.4. The molecule has 1 aromatic carbocycles. The highest BCUT2D eigenvalue weighted by Gasteiger charge is 2.10. The Hall–Kier alpha value is -1.16. The van der Waals surface area contributed by atoms with Gasteiger partial charge in [0, 0.05) is 18.5 Å². The normalized spacial score (nSPS) is 9.57. The van der Waals surface area contributed by atoms with E-state index in [-0.39, 0.29) is 5.97 Å². The second-order valence-corrected chi connectivity index (χ2v) is 3.10. The summed E-state index contributed by atoms with van der Waals surface area (Å²) in [6, 6.07) is 7.23. The highest BCUT2D eigenvalue weighted by atomic mass is 32.1. The van der Waals surface area contributed by atoms with Gasteiger partial charge in [0.2, 0.25) is 0 Å². The highest BCUT2D eigenvalue weighted by Crippen LogP contribution is 2.14. The van der Waals surface area contributed by atoms with E-state index in [1.54, 1.807) is 19.2 Å². The van der Waals surface area contributed by atoms with E-state index in [9.17, 15) is 4.79 Å². The van der Waals surface area contributed by atoms with Crippen molar-refractivity contribution in [3.05, 3.63) is 29.8 Å². The molecule has 3 nitrogen and oxygen atoms in total. The Bertz CT molecular complexity index is 315. The van der Waals surface area contributed by atoms with E-state index in [0.29, 0.717) is 17.9 Å². The van der Waals surface area contributed by atoms with Crippen LogP contribution in [0.1, 0.15) is 10.4 Å². The summed E-state index contributed by atoms with van der Waals surface area (Å²) in [5.41, 5.74) is 1.33. The first-order chi connectivity index (χ1) is 6.79. The molecule has 0 saturated heterocycles. The number of esters is 1. The molecule has 4 heteroatoms. The van der Waals surface area contributed by atoms with E-state index < -0.39 is 0 Å². The lowest BCUT2D eigenvalue weighted by Gasteiger charge is -2.07. The fraction of sp³-hybridized carbons (Fsp3) is 0.300. The maximum atomic E-state index is 11.5. The summed E-state index contributed by atoms with van der Waals surface area (Å²) < 4.78 is 4.96. The van der Waals surface area contributed by atoms with Gasteiger partial charge in [0.25, 0.3) is 0 Å². The second-order valence-electron chi connectivity index (χ2n) is 2.66. The number of hydrogen-bond donors (Lipinski definition) is 2. The van der Waals surface area contributed by atoms with Crippen LogP contribution >= 0.6 is 12.6 Å². The maximum Gasteiger partial charge on any atom is 0.340 e. The first-order valence-electron chi connectivity index (χ1n) is 4.34. The zero-order valence-corrected chi connectivity index (χ0v) is 8.88. The molecule has 1 N–H and O–H groups in total. The number of rotatable bonds is 4. The van der Waals surface area contributed by atoms with Crippen molar-refractivity contribution >= 4 is 24.3 Å². The van der Waals surface area contributed by atoms with E-state index in [2.05, 4.69) is 17.9 Å². The highest BCUT2D eigenvalue weighted by molar-refractivity contribution is 7.80. The third-order valence-corrected chi connectivity index (χ3v) is 1.92. The summed E-state index contributed by atoms with van der Waals surface area (Å²) in [7, 11) is 1.77. The number of para-hydroxylation sites is 1. The molecule has 14 heavy (non-hydrogen) atoms. The quantitative estimate of drug-likeness (QED) is 0.589. The molecule has 0 fully saturated rings. The molecule has 0 saturated carbocycles. The van der Waals surface area contributed by atoms with Crippen LogP contribution in [0.4, 0.5) is 5.69 Å². The van der Waals surface area contributed by atoms with Crippen molar-refractivity contribution < 1.29 is 9.53 Å². The van der Waals surface area contributed by atoms with Gasteiger partial charge >= 0.3 is 5.97 Å². The summed E-state index contributed by atoms with van der Waals surface area (Å²) in [6.45, 7) is 0.333. The van der Waals surface area contributed by atoms with Gasteiger partial charge in [0.1, 0.15) is 6.61 Å². The van der Waals surface area contributed by atoms with Crippen LogP contribution in [0.3, 0.4) is 0 Å². The molecule has 0 spiro atoms. The van der Waals surface area contributed by atoms with E-state index in [0.717, 1.165) is 5.69 Å². The monoisotopic (exact) mass is 211 g/mol. The summed E-state index contributed by atoms with van der Waals surface area (Å²) in [5.74, 6) is 0.219. The summed E-state index contributed by atoms with van der Waals surface area (Å²) in [5, 5.41) is 2.93. The topological polar surface area (TPSA) is 38.3 Å². The fourth-order valence-corrected chi connectivity index (χ4v) is 1.19. The lowest BCUT2D eigenvalue weighted by atomic mass is 10.2. The van der Waals surface area contributed by atoms with Crippen molar-refractivity contribution in [1.82, 2.24) is 0 Å². The van der Waals surface area contributed by atoms with Gasteiger partial charge in [-0.05, 0) is 12.1 Å². The van der Waals surface area contributed by atoms with Crippen LogP contribution in [-0.4, -0.2) is 25.4 Å². The van der Waals surface area contributed by atoms with E-state index in [1.807, 2.05) is 12.1 Å². The molecular formula is C10H13NO2S. The fourth-order valence-electron chi connectivity index (χ4n) is 1.10. The van der Waals surface area contributed by atoms with Crippen LogP contribution in [0, 0.1) is 0 Å². The Morgan fingerprint density at radius 3 is 2.86 bits per heavy atom. The zero-order valence-electron chi connectivity index (χ0n) is 7.99. The largest absolute Gasteiger partial charge is 0.461 e. The Kier molecular flexibility index (Phi) is 4.32. The van der Waals surface area contributed by atoms with Crippen molar-refractivity contribution in [3.8, 4) is 0 Å². The third kappa shape index (κ3) is 2.67. The minimum absolute atomic E-state index is 0.316. The van der Waals surface area contributed by atoms with E-state index >= 15 is 0 Å². The van der Waals surface area contributed by atoms with Crippen molar-refractivity contribution in [2.75, 3.05) is 24.7 Å². The van der Waals surface area contributed by atoms with E-state index in [1.165, 1.54) is 0 Å². The third-order valence-electron chi connectivity index (χ3n) is 1.74. The van der Waals surface area contributed by atoms with Crippen LogP contribution < -0.4 is 5.32 Å². The SMILES string of the molecule is CNc1ccccc1C(=O)OCCS. The number of hydrogen-bond acceptors (Lipinski definition) is 4. The van der Waals surface area contributed by atoms with Crippen molar-refractivity contribution in [2.24, 2.45) is 0 Å². The second kappa shape index (κ2) is 5.54. The maximum absolute atomic E-state index is 11.5. The smallest absolute Gasteiger partial charge is 0.340 e. The van der Waals surface area contributed by atoms with Gasteiger partial charge in [-0.3, -0.25) is 0 Å². The molecule has 0 radical (unpaired) electrons. The van der Waals surface area contributed by atoms with Gasteiger partial charge in [-0.2, -0.15) is 12.6 Å². The van der Waals surface area contributed by atoms with Crippen molar-refractivity contribution in [2.45, 2.75) is 0 Å². The van der Waals surface area contributed by atoms with Crippen LogP contribution in [0.2, 0.25) is 0 Å². The first-order valence-corrected chi connectivity index (χ1v) is 4.97. The molecule has 0 heterocycles. The molecule has 0 atom stereocenters. The Balaban J connectivity index is 2.78. The number of thiol groups is 1. The van der Waals surface area contributed by atoms with Gasteiger partial charge in [0.15, 0.2) is 0 Å². The summed E-state index contributed by atoms with van der Waals surface area (Å²) >= 11 is 3.96. The number of benzene rings is 1. The standard InChI is InChI=1S/C10H13NO2S/c1-11-9-5-3-2-4-8(9)10(12)13-6-7-14/h2-5,11,14H,6-7H2,1H3. The van der Waals surface area contributed by atoms with E-state index in [4.69, 9.17) is 4.74 Å². The Morgan fingerprint density at radius 1 is 1.50 bits per heavy atom. The first kappa shape index (κ1) is 10.9. The average Bonchev–Trinajstić information content (AvgIpc) is 2.25. The van der Waals surface area contributed by atoms with Crippen LogP contribution in [0.25, 0.3) is 0 Å². The molecule has 0 amide bonds. The van der Waals surface area contributed by atoms with Crippen LogP contribution in [-0.2, 0) is 4.74 Å². The summed E-state index contributed by atoms with van der Waals surface area (Å²) in [4.78, 5) is 11.5. The van der Waals surface area contributed by atoms with Crippen LogP contribution in [0.15, 0.2) is 24.3 Å². The summed E-state index contributed by atoms with van der Waals surface area (Å²) in [6.07, 6.45) is 0. The van der Waals surface area contributed by atoms with Crippen LogP contribution in [0.5, 0.6) is 0 Å². The van der Waals surface area contributed by atoms with Gasteiger partial charge in [-0.25, -0.2) is 4.79 Å². The lowest BCUT2D eigenvalue weighted by molar-refractivity contribution is 0.0532. The molecule has 0 bridgehead atoms. The average molecular weight is 211 g/mol. The number of carbonyl (C=O) groups excluding carboxylic acids is 1. The Morgan fingerprint density at radius 2 is 2.21 bits per heavy atom. The number of nitrogens with one attached hydrogen (secondary N) is 1. The molecule has 1 aromatic rings. The molecule has 0 aliphatic heterocycles. The molecule has 0 unspecified atom stereocenters. The lowest BCUT2D eigenvalue weighted by Crippen LogP contribution is -2.09. The van der Waals surface area contributed by atoms with Gasteiger partial charge in [-0.15, -0.1) is 0 Å². The van der Waals surface area contributed by atoms with Gasteiger partial charge in [-0.1, -0.05) is 12.1 Å². The van der Waals surface area contributed by atoms with Crippen molar-refractivity contribution in [1.29, 1.82) is 0 Å². The molecular weight excluding hydrogens is 198 g/mol. The molecule has 0 aromatic heterocycles. The van der Waals surface area contributed by atoms with Gasteiger partial charge < -0.3 is 10.1 Å². The Labute approximate surface area is 88.9 Å².